The molecule has 1 spiro atoms. The molecule has 27 heavy (non-hydrogen) atoms. The highest BCUT2D eigenvalue weighted by molar-refractivity contribution is 6.08. The van der Waals surface area contributed by atoms with Gasteiger partial charge in [-0.2, -0.15) is 0 Å². The average Bonchev–Trinajstić information content (AvgIpc) is 3.28. The maximum atomic E-state index is 13.1. The molecule has 2 aromatic carbocycles. The summed E-state index contributed by atoms with van der Waals surface area (Å²) in [6.07, 6.45) is 2.27. The van der Waals surface area contributed by atoms with Crippen LogP contribution < -0.4 is 0 Å². The maximum absolute atomic E-state index is 13.1. The second kappa shape index (κ2) is 5.59. The van der Waals surface area contributed by atoms with Crippen LogP contribution in [0.5, 0.6) is 0 Å². The van der Waals surface area contributed by atoms with Crippen LogP contribution in [0.4, 0.5) is 0 Å². The zero-order valence-electron chi connectivity index (χ0n) is 15.2. The first-order valence-electron chi connectivity index (χ1n) is 9.43. The Morgan fingerprint density at radius 1 is 1.11 bits per heavy atom. The average molecular weight is 363 g/mol. The third-order valence-electron chi connectivity index (χ3n) is 6.56. The molecular formula is C22H21NO4. The highest BCUT2D eigenvalue weighted by Gasteiger charge is 2.59. The van der Waals surface area contributed by atoms with Crippen molar-refractivity contribution >= 4 is 33.6 Å². The van der Waals surface area contributed by atoms with E-state index in [2.05, 4.69) is 6.07 Å². The molecule has 1 saturated carbocycles. The van der Waals surface area contributed by atoms with Gasteiger partial charge < -0.3 is 14.4 Å². The summed E-state index contributed by atoms with van der Waals surface area (Å²) in [4.78, 5) is 26.1. The molecule has 1 amide bonds. The van der Waals surface area contributed by atoms with E-state index in [0.717, 1.165) is 46.6 Å². The summed E-state index contributed by atoms with van der Waals surface area (Å²) in [5.41, 5.74) is 1.55. The van der Waals surface area contributed by atoms with E-state index >= 15 is 0 Å². The van der Waals surface area contributed by atoms with Gasteiger partial charge in [-0.25, -0.2) is 0 Å². The van der Waals surface area contributed by atoms with Crippen molar-refractivity contribution in [3.63, 3.8) is 0 Å². The van der Waals surface area contributed by atoms with E-state index in [1.54, 1.807) is 0 Å². The number of hydrogen-bond acceptors (Lipinski definition) is 3. The van der Waals surface area contributed by atoms with Crippen LogP contribution in [0.1, 0.15) is 35.4 Å². The molecule has 3 aromatic rings. The van der Waals surface area contributed by atoms with Crippen molar-refractivity contribution < 1.29 is 19.1 Å². The Bertz CT molecular complexity index is 1090. The highest BCUT2D eigenvalue weighted by Crippen LogP contribution is 2.59. The predicted octanol–water partition coefficient (Wildman–Crippen LogP) is 4.22. The number of fused-ring (bicyclic) bond motifs is 3. The largest absolute Gasteiger partial charge is 0.481 e. The molecule has 1 saturated heterocycles. The van der Waals surface area contributed by atoms with Gasteiger partial charge in [0, 0.05) is 29.4 Å². The van der Waals surface area contributed by atoms with Gasteiger partial charge in [0.15, 0.2) is 5.76 Å². The van der Waals surface area contributed by atoms with E-state index in [9.17, 15) is 14.7 Å². The molecule has 1 atom stereocenters. The fourth-order valence-corrected chi connectivity index (χ4v) is 4.70. The number of furan rings is 1. The summed E-state index contributed by atoms with van der Waals surface area (Å²) in [5.74, 6) is -0.609. The molecule has 2 aliphatic rings. The molecule has 5 heteroatoms. The molecule has 1 N–H and O–H groups in total. The number of hydrogen-bond donors (Lipinski definition) is 1. The fraction of sp³-hybridized carbons (Fsp3) is 0.364. The highest BCUT2D eigenvalue weighted by atomic mass is 16.4. The van der Waals surface area contributed by atoms with Gasteiger partial charge in [0.05, 0.1) is 5.92 Å². The topological polar surface area (TPSA) is 70.8 Å². The molecule has 0 radical (unpaired) electrons. The number of likely N-dealkylation sites (tertiary alicyclic amines) is 1. The van der Waals surface area contributed by atoms with Crippen molar-refractivity contribution in [3.05, 3.63) is 47.7 Å². The number of carboxylic acid groups (broad SMARTS) is 1. The number of rotatable bonds is 2. The van der Waals surface area contributed by atoms with Crippen molar-refractivity contribution in [1.82, 2.24) is 4.90 Å². The second-order valence-corrected chi connectivity index (χ2v) is 7.97. The van der Waals surface area contributed by atoms with Crippen molar-refractivity contribution in [3.8, 4) is 0 Å². The predicted molar refractivity (Wildman–Crippen MR) is 102 cm³/mol. The van der Waals surface area contributed by atoms with E-state index < -0.39 is 5.97 Å². The maximum Gasteiger partial charge on any atom is 0.307 e. The van der Waals surface area contributed by atoms with Crippen molar-refractivity contribution in [1.29, 1.82) is 0 Å². The summed E-state index contributed by atoms with van der Waals surface area (Å²) >= 11 is 0. The monoisotopic (exact) mass is 363 g/mol. The van der Waals surface area contributed by atoms with Crippen LogP contribution in [0.15, 0.2) is 40.8 Å². The minimum absolute atomic E-state index is 0.0816. The van der Waals surface area contributed by atoms with Gasteiger partial charge in [0.2, 0.25) is 0 Å². The SMILES string of the molecule is Cc1c(C(=O)N2CCC3(CC2)CC3C(=O)O)oc2c1ccc1ccccc12. The molecule has 5 rings (SSSR count). The fourth-order valence-electron chi connectivity index (χ4n) is 4.70. The quantitative estimate of drug-likeness (QED) is 0.740. The molecule has 1 unspecified atom stereocenters. The van der Waals surface area contributed by atoms with Gasteiger partial charge in [-0.3, -0.25) is 9.59 Å². The smallest absolute Gasteiger partial charge is 0.307 e. The Hall–Kier alpha value is -2.82. The number of piperidine rings is 1. The zero-order chi connectivity index (χ0) is 18.8. The first-order chi connectivity index (χ1) is 13.0. The number of benzene rings is 2. The zero-order valence-corrected chi connectivity index (χ0v) is 15.2. The first kappa shape index (κ1) is 16.4. The Morgan fingerprint density at radius 3 is 2.56 bits per heavy atom. The summed E-state index contributed by atoms with van der Waals surface area (Å²) in [5, 5.41) is 12.3. The number of carboxylic acids is 1. The van der Waals surface area contributed by atoms with Crippen LogP contribution in [-0.4, -0.2) is 35.0 Å². The number of aliphatic carboxylic acids is 1. The van der Waals surface area contributed by atoms with Crippen molar-refractivity contribution in [2.24, 2.45) is 11.3 Å². The Morgan fingerprint density at radius 2 is 1.85 bits per heavy atom. The van der Waals surface area contributed by atoms with Gasteiger partial charge in [-0.15, -0.1) is 0 Å². The van der Waals surface area contributed by atoms with Crippen molar-refractivity contribution in [2.75, 3.05) is 13.1 Å². The third kappa shape index (κ3) is 2.37. The van der Waals surface area contributed by atoms with Crippen LogP contribution in [0.25, 0.3) is 21.7 Å². The first-order valence-corrected chi connectivity index (χ1v) is 9.43. The molecule has 1 aromatic heterocycles. The Labute approximate surface area is 156 Å². The van der Waals surface area contributed by atoms with E-state index in [4.69, 9.17) is 4.42 Å². The van der Waals surface area contributed by atoms with Crippen LogP contribution in [0.2, 0.25) is 0 Å². The number of amides is 1. The summed E-state index contributed by atoms with van der Waals surface area (Å²) in [7, 11) is 0. The van der Waals surface area contributed by atoms with Gasteiger partial charge in [0.25, 0.3) is 5.91 Å². The molecule has 1 aliphatic carbocycles. The lowest BCUT2D eigenvalue weighted by Crippen LogP contribution is -2.40. The minimum atomic E-state index is -0.699. The summed E-state index contributed by atoms with van der Waals surface area (Å²) < 4.78 is 6.07. The van der Waals surface area contributed by atoms with Crippen LogP contribution in [0, 0.1) is 18.3 Å². The summed E-state index contributed by atoms with van der Waals surface area (Å²) in [6, 6.07) is 12.1. The normalized spacial score (nSPS) is 21.1. The molecule has 2 fully saturated rings. The molecule has 0 bridgehead atoms. The number of carbonyl (C=O) groups excluding carboxylic acids is 1. The molecule has 138 valence electrons. The van der Waals surface area contributed by atoms with E-state index in [0.29, 0.717) is 18.8 Å². The standard InChI is InChI=1S/C22H21NO4/c1-13-15-7-6-14-4-2-3-5-16(14)19(15)27-18(13)20(24)23-10-8-22(9-11-23)12-17(22)21(25)26/h2-7,17H,8-12H2,1H3,(H,25,26). The van der Waals surface area contributed by atoms with Gasteiger partial charge in [-0.05, 0) is 37.0 Å². The van der Waals surface area contributed by atoms with E-state index in [-0.39, 0.29) is 17.2 Å². The van der Waals surface area contributed by atoms with E-state index in [1.165, 1.54) is 0 Å². The number of carbonyl (C=O) groups is 2. The van der Waals surface area contributed by atoms with Gasteiger partial charge >= 0.3 is 5.97 Å². The lowest BCUT2D eigenvalue weighted by atomic mass is 9.90. The number of nitrogens with zero attached hydrogens (tertiary/aromatic N) is 1. The van der Waals surface area contributed by atoms with Gasteiger partial charge in [0.1, 0.15) is 5.58 Å². The van der Waals surface area contributed by atoms with Crippen LogP contribution in [-0.2, 0) is 4.79 Å². The lowest BCUT2D eigenvalue weighted by molar-refractivity contribution is -0.139. The van der Waals surface area contributed by atoms with Crippen LogP contribution in [0.3, 0.4) is 0 Å². The van der Waals surface area contributed by atoms with Gasteiger partial charge in [-0.1, -0.05) is 36.4 Å². The summed E-state index contributed by atoms with van der Waals surface area (Å²) in [6.45, 7) is 3.13. The molecular weight excluding hydrogens is 342 g/mol. The number of aryl methyl sites for hydroxylation is 1. The third-order valence-corrected chi connectivity index (χ3v) is 6.56. The lowest BCUT2D eigenvalue weighted by Gasteiger charge is -2.32. The van der Waals surface area contributed by atoms with E-state index in [1.807, 2.05) is 42.2 Å². The van der Waals surface area contributed by atoms with Crippen LogP contribution >= 0.6 is 0 Å². The second-order valence-electron chi connectivity index (χ2n) is 7.97. The Kier molecular flexibility index (Phi) is 3.39. The molecule has 1 aliphatic heterocycles. The Balaban J connectivity index is 1.44. The van der Waals surface area contributed by atoms with Crippen molar-refractivity contribution in [2.45, 2.75) is 26.2 Å². The molecule has 2 heterocycles. The minimum Gasteiger partial charge on any atom is -0.481 e. The molecule has 5 nitrogen and oxygen atoms in total.